The Kier molecular flexibility index (Phi) is 4.68. The molecule has 1 atom stereocenters. The summed E-state index contributed by atoms with van der Waals surface area (Å²) in [5.74, 6) is -0.140. The monoisotopic (exact) mass is 301 g/mol. The Morgan fingerprint density at radius 2 is 2.00 bits per heavy atom. The molecule has 1 amide bonds. The zero-order valence-corrected chi connectivity index (χ0v) is 12.3. The highest BCUT2D eigenvalue weighted by atomic mass is 35.5. The molecule has 1 heterocycles. The fourth-order valence-corrected chi connectivity index (χ4v) is 2.88. The third-order valence-corrected chi connectivity index (χ3v) is 4.03. The molecule has 104 valence electrons. The third-order valence-electron chi connectivity index (χ3n) is 3.40. The van der Waals surface area contributed by atoms with Crippen LogP contribution in [0.1, 0.15) is 10.4 Å². The number of carbonyl (C=O) groups is 1. The molecule has 19 heavy (non-hydrogen) atoms. The van der Waals surface area contributed by atoms with Gasteiger partial charge in [0.25, 0.3) is 5.91 Å². The van der Waals surface area contributed by atoms with Crippen LogP contribution in [0.4, 0.5) is 0 Å². The van der Waals surface area contributed by atoms with Crippen LogP contribution in [-0.2, 0) is 0 Å². The molecule has 4 nitrogen and oxygen atoms in total. The molecule has 0 radical (unpaired) electrons. The molecule has 0 aliphatic carbocycles. The van der Waals surface area contributed by atoms with Crippen molar-refractivity contribution in [3.8, 4) is 0 Å². The number of hydrogen-bond donors (Lipinski definition) is 1. The molecule has 0 spiro atoms. The third kappa shape index (κ3) is 3.03. The van der Waals surface area contributed by atoms with E-state index in [1.165, 1.54) is 0 Å². The topological polar surface area (TPSA) is 49.6 Å². The first-order valence-corrected chi connectivity index (χ1v) is 6.93. The fourth-order valence-electron chi connectivity index (χ4n) is 2.33. The molecular weight excluding hydrogens is 285 g/mol. The summed E-state index contributed by atoms with van der Waals surface area (Å²) >= 11 is 12.2. The summed E-state index contributed by atoms with van der Waals surface area (Å²) in [4.78, 5) is 16.5. The molecule has 1 unspecified atom stereocenters. The zero-order valence-electron chi connectivity index (χ0n) is 10.8. The Morgan fingerprint density at radius 1 is 1.37 bits per heavy atom. The van der Waals surface area contributed by atoms with Crippen LogP contribution in [-0.4, -0.2) is 55.0 Å². The summed E-state index contributed by atoms with van der Waals surface area (Å²) in [5.41, 5.74) is 6.13. The molecule has 0 saturated carbocycles. The zero-order chi connectivity index (χ0) is 14.0. The Hall–Kier alpha value is -0.810. The highest BCUT2D eigenvalue weighted by Crippen LogP contribution is 2.26. The van der Waals surface area contributed by atoms with E-state index in [-0.39, 0.29) is 11.9 Å². The van der Waals surface area contributed by atoms with Crippen molar-refractivity contribution in [3.05, 3.63) is 33.8 Å². The molecule has 1 aliphatic heterocycles. The van der Waals surface area contributed by atoms with Gasteiger partial charge in [-0.3, -0.25) is 4.79 Å². The van der Waals surface area contributed by atoms with Crippen molar-refractivity contribution < 1.29 is 4.79 Å². The Labute approximate surface area is 123 Å². The lowest BCUT2D eigenvalue weighted by Crippen LogP contribution is -2.56. The molecule has 1 aliphatic rings. The van der Waals surface area contributed by atoms with Gasteiger partial charge in [0.2, 0.25) is 0 Å². The van der Waals surface area contributed by atoms with Gasteiger partial charge in [-0.15, -0.1) is 0 Å². The first kappa shape index (κ1) is 14.6. The number of halogens is 2. The average Bonchev–Trinajstić information content (AvgIpc) is 2.38. The van der Waals surface area contributed by atoms with Crippen LogP contribution >= 0.6 is 23.2 Å². The van der Waals surface area contributed by atoms with Gasteiger partial charge in [-0.05, 0) is 19.2 Å². The maximum absolute atomic E-state index is 12.6. The molecule has 1 aromatic carbocycles. The molecule has 1 fully saturated rings. The van der Waals surface area contributed by atoms with E-state index in [1.807, 2.05) is 7.05 Å². The van der Waals surface area contributed by atoms with E-state index >= 15 is 0 Å². The molecule has 0 bridgehead atoms. The van der Waals surface area contributed by atoms with Gasteiger partial charge >= 0.3 is 0 Å². The van der Waals surface area contributed by atoms with Gasteiger partial charge in [-0.2, -0.15) is 0 Å². The lowest BCUT2D eigenvalue weighted by atomic mass is 10.1. The number of amides is 1. The molecule has 1 saturated heterocycles. The smallest absolute Gasteiger partial charge is 0.257 e. The van der Waals surface area contributed by atoms with Crippen molar-refractivity contribution in [2.45, 2.75) is 6.04 Å². The minimum absolute atomic E-state index is 0.00131. The summed E-state index contributed by atoms with van der Waals surface area (Å²) in [6.45, 7) is 2.66. The van der Waals surface area contributed by atoms with Crippen molar-refractivity contribution in [2.75, 3.05) is 33.2 Å². The number of piperazine rings is 1. The Balaban J connectivity index is 2.28. The van der Waals surface area contributed by atoms with Crippen molar-refractivity contribution in [1.29, 1.82) is 0 Å². The largest absolute Gasteiger partial charge is 0.332 e. The number of carbonyl (C=O) groups excluding carboxylic acids is 1. The van der Waals surface area contributed by atoms with Crippen LogP contribution < -0.4 is 5.73 Å². The number of nitrogens with zero attached hydrogens (tertiary/aromatic N) is 2. The summed E-state index contributed by atoms with van der Waals surface area (Å²) < 4.78 is 0. The Bertz CT molecular complexity index is 461. The van der Waals surface area contributed by atoms with E-state index in [4.69, 9.17) is 28.9 Å². The van der Waals surface area contributed by atoms with Crippen LogP contribution in [0, 0.1) is 0 Å². The SMILES string of the molecule is CN1CCN(C(=O)c2c(Cl)cccc2Cl)C(CN)C1. The van der Waals surface area contributed by atoms with Gasteiger partial charge in [-0.1, -0.05) is 29.3 Å². The lowest BCUT2D eigenvalue weighted by Gasteiger charge is -2.39. The van der Waals surface area contributed by atoms with E-state index in [0.29, 0.717) is 28.7 Å². The maximum Gasteiger partial charge on any atom is 0.257 e. The quantitative estimate of drug-likeness (QED) is 0.905. The molecule has 2 rings (SSSR count). The maximum atomic E-state index is 12.6. The van der Waals surface area contributed by atoms with Gasteiger partial charge in [0.15, 0.2) is 0 Å². The van der Waals surface area contributed by atoms with Gasteiger partial charge in [-0.25, -0.2) is 0 Å². The second-order valence-electron chi connectivity index (χ2n) is 4.75. The normalized spacial score (nSPS) is 20.6. The van der Waals surface area contributed by atoms with E-state index in [2.05, 4.69) is 4.90 Å². The summed E-state index contributed by atoms with van der Waals surface area (Å²) in [6, 6.07) is 5.08. The second-order valence-corrected chi connectivity index (χ2v) is 5.56. The molecule has 1 aromatic rings. The molecule has 2 N–H and O–H groups in total. The van der Waals surface area contributed by atoms with E-state index in [1.54, 1.807) is 23.1 Å². The summed E-state index contributed by atoms with van der Waals surface area (Å²) in [7, 11) is 2.02. The molecule has 6 heteroatoms. The minimum Gasteiger partial charge on any atom is -0.332 e. The number of nitrogens with two attached hydrogens (primary N) is 1. The first-order valence-electron chi connectivity index (χ1n) is 6.18. The van der Waals surface area contributed by atoms with Crippen molar-refractivity contribution in [1.82, 2.24) is 9.80 Å². The predicted molar refractivity (Wildman–Crippen MR) is 77.8 cm³/mol. The fraction of sp³-hybridized carbons (Fsp3) is 0.462. The predicted octanol–water partition coefficient (Wildman–Crippen LogP) is 1.71. The Morgan fingerprint density at radius 3 is 2.58 bits per heavy atom. The second kappa shape index (κ2) is 6.09. The van der Waals surface area contributed by atoms with Crippen molar-refractivity contribution >= 4 is 29.1 Å². The summed E-state index contributed by atoms with van der Waals surface area (Å²) in [6.07, 6.45) is 0. The van der Waals surface area contributed by atoms with Crippen molar-refractivity contribution in [2.24, 2.45) is 5.73 Å². The standard InChI is InChI=1S/C13H17Cl2N3O/c1-17-5-6-18(9(7-16)8-17)13(19)12-10(14)3-2-4-11(12)15/h2-4,9H,5-8,16H2,1H3. The van der Waals surface area contributed by atoms with Gasteiger partial charge in [0, 0.05) is 26.2 Å². The number of likely N-dealkylation sites (N-methyl/N-ethyl adjacent to an activating group) is 1. The lowest BCUT2D eigenvalue weighted by molar-refractivity contribution is 0.0516. The highest BCUT2D eigenvalue weighted by Gasteiger charge is 2.30. The minimum atomic E-state index is -0.140. The molecular formula is C13H17Cl2N3O. The van der Waals surface area contributed by atoms with Gasteiger partial charge in [0.1, 0.15) is 0 Å². The first-order chi connectivity index (χ1) is 9.04. The van der Waals surface area contributed by atoms with Crippen LogP contribution in [0.3, 0.4) is 0 Å². The van der Waals surface area contributed by atoms with Crippen molar-refractivity contribution in [3.63, 3.8) is 0 Å². The van der Waals surface area contributed by atoms with Gasteiger partial charge in [0.05, 0.1) is 21.7 Å². The molecule has 0 aromatic heterocycles. The number of benzene rings is 1. The van der Waals surface area contributed by atoms with Gasteiger partial charge < -0.3 is 15.5 Å². The van der Waals surface area contributed by atoms with Crippen LogP contribution in [0.5, 0.6) is 0 Å². The van der Waals surface area contributed by atoms with E-state index in [9.17, 15) is 4.79 Å². The number of hydrogen-bond acceptors (Lipinski definition) is 3. The number of rotatable bonds is 2. The van der Waals surface area contributed by atoms with Crippen LogP contribution in [0.15, 0.2) is 18.2 Å². The summed E-state index contributed by atoms with van der Waals surface area (Å²) in [5, 5.41) is 0.763. The van der Waals surface area contributed by atoms with E-state index in [0.717, 1.165) is 13.1 Å². The van der Waals surface area contributed by atoms with E-state index < -0.39 is 0 Å². The van der Waals surface area contributed by atoms with Crippen LogP contribution in [0.2, 0.25) is 10.0 Å². The highest BCUT2D eigenvalue weighted by molar-refractivity contribution is 6.39. The van der Waals surface area contributed by atoms with Crippen LogP contribution in [0.25, 0.3) is 0 Å². The average molecular weight is 302 g/mol.